The molecule has 1 saturated heterocycles. The maximum atomic E-state index is 12.0. The zero-order chi connectivity index (χ0) is 15.2. The zero-order valence-electron chi connectivity index (χ0n) is 12.0. The third-order valence-corrected chi connectivity index (χ3v) is 3.47. The van der Waals surface area contributed by atoms with E-state index in [1.807, 2.05) is 0 Å². The monoisotopic (exact) mass is 298 g/mol. The molecule has 4 nitrogen and oxygen atoms in total. The Morgan fingerprint density at radius 3 is 2.76 bits per heavy atom. The summed E-state index contributed by atoms with van der Waals surface area (Å²) in [6.45, 7) is 1.59. The van der Waals surface area contributed by atoms with E-state index in [0.717, 1.165) is 19.5 Å². The summed E-state index contributed by atoms with van der Waals surface area (Å²) in [5.41, 5.74) is 0.576. The molecule has 1 aliphatic rings. The van der Waals surface area contributed by atoms with Crippen LogP contribution in [0.3, 0.4) is 0 Å². The summed E-state index contributed by atoms with van der Waals surface area (Å²) in [5.74, 6) is 0.608. The Balaban J connectivity index is 1.82. The molecule has 0 aliphatic carbocycles. The van der Waals surface area contributed by atoms with Gasteiger partial charge in [0.1, 0.15) is 5.75 Å². The molecule has 116 valence electrons. The van der Waals surface area contributed by atoms with Crippen LogP contribution in [0.15, 0.2) is 24.3 Å². The smallest absolute Gasteiger partial charge is 0.387 e. The number of carbonyl (C=O) groups excluding carboxylic acids is 1. The number of hydrogen-bond acceptors (Lipinski definition) is 3. The first-order valence-electron chi connectivity index (χ1n) is 7.10. The van der Waals surface area contributed by atoms with Gasteiger partial charge in [0, 0.05) is 12.2 Å². The Kier molecular flexibility index (Phi) is 5.50. The molecular weight excluding hydrogens is 278 g/mol. The highest BCUT2D eigenvalue weighted by Crippen LogP contribution is 2.18. The number of benzene rings is 1. The molecule has 0 saturated carbocycles. The third kappa shape index (κ3) is 5.30. The highest BCUT2D eigenvalue weighted by atomic mass is 19.3. The largest absolute Gasteiger partial charge is 0.435 e. The molecule has 21 heavy (non-hydrogen) atoms. The lowest BCUT2D eigenvalue weighted by Gasteiger charge is -2.30. The molecule has 1 aromatic rings. The second kappa shape index (κ2) is 7.36. The Labute approximate surface area is 123 Å². The number of nitrogens with zero attached hydrogens (tertiary/aromatic N) is 1. The van der Waals surface area contributed by atoms with Crippen LogP contribution in [0, 0.1) is 5.92 Å². The van der Waals surface area contributed by atoms with Crippen molar-refractivity contribution in [3.63, 3.8) is 0 Å². The summed E-state index contributed by atoms with van der Waals surface area (Å²) < 4.78 is 28.3. The van der Waals surface area contributed by atoms with Gasteiger partial charge < -0.3 is 10.1 Å². The van der Waals surface area contributed by atoms with Gasteiger partial charge in [-0.05, 0) is 49.6 Å². The van der Waals surface area contributed by atoms with Crippen LogP contribution < -0.4 is 10.1 Å². The fraction of sp³-hybridized carbons (Fsp3) is 0.533. The third-order valence-electron chi connectivity index (χ3n) is 3.47. The molecule has 1 heterocycles. The van der Waals surface area contributed by atoms with Crippen molar-refractivity contribution < 1.29 is 18.3 Å². The second-order valence-corrected chi connectivity index (χ2v) is 5.43. The molecule has 2 rings (SSSR count). The molecule has 1 unspecified atom stereocenters. The Morgan fingerprint density at radius 1 is 1.43 bits per heavy atom. The molecule has 1 amide bonds. The summed E-state index contributed by atoms with van der Waals surface area (Å²) in [6.07, 6.45) is 2.33. The van der Waals surface area contributed by atoms with Gasteiger partial charge in [0.25, 0.3) is 0 Å². The number of rotatable bonds is 5. The van der Waals surface area contributed by atoms with E-state index in [9.17, 15) is 13.6 Å². The van der Waals surface area contributed by atoms with Crippen LogP contribution in [0.1, 0.15) is 19.8 Å². The molecule has 0 aromatic heterocycles. The molecule has 6 heteroatoms. The van der Waals surface area contributed by atoms with E-state index in [-0.39, 0.29) is 11.7 Å². The summed E-state index contributed by atoms with van der Waals surface area (Å²) in [7, 11) is 0. The average Bonchev–Trinajstić information content (AvgIpc) is 2.40. The van der Waals surface area contributed by atoms with Gasteiger partial charge in [0.2, 0.25) is 5.91 Å². The van der Waals surface area contributed by atoms with Crippen molar-refractivity contribution in [2.45, 2.75) is 26.4 Å². The van der Waals surface area contributed by atoms with E-state index < -0.39 is 6.61 Å². The molecule has 1 N–H and O–H groups in total. The van der Waals surface area contributed by atoms with E-state index in [1.54, 1.807) is 12.1 Å². The molecule has 0 spiro atoms. The number of anilines is 1. The van der Waals surface area contributed by atoms with Gasteiger partial charge in [-0.1, -0.05) is 6.92 Å². The molecule has 0 radical (unpaired) electrons. The van der Waals surface area contributed by atoms with Gasteiger partial charge in [0.15, 0.2) is 0 Å². The van der Waals surface area contributed by atoms with E-state index >= 15 is 0 Å². The van der Waals surface area contributed by atoms with Crippen LogP contribution in [-0.4, -0.2) is 37.1 Å². The number of nitrogens with one attached hydrogen (secondary N) is 1. The van der Waals surface area contributed by atoms with Crippen molar-refractivity contribution in [2.24, 2.45) is 5.92 Å². The van der Waals surface area contributed by atoms with Crippen molar-refractivity contribution in [1.82, 2.24) is 4.90 Å². The lowest BCUT2D eigenvalue weighted by Crippen LogP contribution is -2.39. The van der Waals surface area contributed by atoms with Gasteiger partial charge >= 0.3 is 6.61 Å². The van der Waals surface area contributed by atoms with Crippen LogP contribution in [0.4, 0.5) is 14.5 Å². The number of halogens is 2. The minimum absolute atomic E-state index is 0.0767. The molecule has 0 bridgehead atoms. The normalized spacial score (nSPS) is 19.5. The summed E-state index contributed by atoms with van der Waals surface area (Å²) >= 11 is 0. The maximum Gasteiger partial charge on any atom is 0.387 e. The molecule has 1 aromatic carbocycles. The second-order valence-electron chi connectivity index (χ2n) is 5.43. The van der Waals surface area contributed by atoms with Gasteiger partial charge in [-0.15, -0.1) is 0 Å². The number of ether oxygens (including phenoxy) is 1. The van der Waals surface area contributed by atoms with E-state index in [2.05, 4.69) is 21.9 Å². The van der Waals surface area contributed by atoms with E-state index in [0.29, 0.717) is 18.2 Å². The Hall–Kier alpha value is -1.69. The van der Waals surface area contributed by atoms with Gasteiger partial charge in [-0.3, -0.25) is 9.69 Å². The van der Waals surface area contributed by atoms with Crippen molar-refractivity contribution in [2.75, 3.05) is 25.0 Å². The summed E-state index contributed by atoms with van der Waals surface area (Å²) in [4.78, 5) is 14.1. The summed E-state index contributed by atoms with van der Waals surface area (Å²) in [6, 6.07) is 5.92. The van der Waals surface area contributed by atoms with Crippen LogP contribution in [-0.2, 0) is 4.79 Å². The zero-order valence-corrected chi connectivity index (χ0v) is 12.0. The first-order valence-corrected chi connectivity index (χ1v) is 7.10. The molecule has 1 atom stereocenters. The van der Waals surface area contributed by atoms with E-state index in [1.165, 1.54) is 18.6 Å². The number of likely N-dealkylation sites (tertiary alicyclic amines) is 1. The van der Waals surface area contributed by atoms with Crippen molar-refractivity contribution in [1.29, 1.82) is 0 Å². The quantitative estimate of drug-likeness (QED) is 0.908. The van der Waals surface area contributed by atoms with Crippen molar-refractivity contribution in [3.8, 4) is 5.75 Å². The first kappa shape index (κ1) is 15.7. The summed E-state index contributed by atoms with van der Waals surface area (Å²) in [5, 5.41) is 2.76. The predicted octanol–water partition coefficient (Wildman–Crippen LogP) is 2.96. The van der Waals surface area contributed by atoms with Gasteiger partial charge in [0.05, 0.1) is 6.54 Å². The lowest BCUT2D eigenvalue weighted by atomic mass is 10.0. The average molecular weight is 298 g/mol. The van der Waals surface area contributed by atoms with Crippen LogP contribution in [0.25, 0.3) is 0 Å². The van der Waals surface area contributed by atoms with E-state index in [4.69, 9.17) is 0 Å². The Morgan fingerprint density at radius 2 is 2.14 bits per heavy atom. The standard InChI is InChI=1S/C15H20F2N2O2/c1-11-3-2-8-19(9-11)10-14(20)18-12-4-6-13(7-5-12)21-15(16)17/h4-7,11,15H,2-3,8-10H2,1H3,(H,18,20). The number of carbonyl (C=O) groups is 1. The SMILES string of the molecule is CC1CCCN(CC(=O)Nc2ccc(OC(F)F)cc2)C1. The Bertz CT molecular complexity index is 465. The lowest BCUT2D eigenvalue weighted by molar-refractivity contribution is -0.117. The van der Waals surface area contributed by atoms with Crippen molar-refractivity contribution in [3.05, 3.63) is 24.3 Å². The molecular formula is C15H20F2N2O2. The fourth-order valence-electron chi connectivity index (χ4n) is 2.55. The number of piperidine rings is 1. The first-order chi connectivity index (χ1) is 10.0. The topological polar surface area (TPSA) is 41.6 Å². The predicted molar refractivity (Wildman–Crippen MR) is 76.5 cm³/mol. The fourth-order valence-corrected chi connectivity index (χ4v) is 2.55. The van der Waals surface area contributed by atoms with Crippen LogP contribution >= 0.6 is 0 Å². The highest BCUT2D eigenvalue weighted by molar-refractivity contribution is 5.92. The molecule has 1 aliphatic heterocycles. The molecule has 1 fully saturated rings. The highest BCUT2D eigenvalue weighted by Gasteiger charge is 2.18. The number of hydrogen-bond donors (Lipinski definition) is 1. The number of amides is 1. The van der Waals surface area contributed by atoms with Crippen LogP contribution in [0.5, 0.6) is 5.75 Å². The minimum atomic E-state index is -2.84. The van der Waals surface area contributed by atoms with Crippen molar-refractivity contribution >= 4 is 11.6 Å². The van der Waals surface area contributed by atoms with Gasteiger partial charge in [-0.2, -0.15) is 8.78 Å². The van der Waals surface area contributed by atoms with Gasteiger partial charge in [-0.25, -0.2) is 0 Å². The minimum Gasteiger partial charge on any atom is -0.435 e. The van der Waals surface area contributed by atoms with Crippen LogP contribution in [0.2, 0.25) is 0 Å². The number of alkyl halides is 2. The maximum absolute atomic E-state index is 12.0.